The van der Waals surface area contributed by atoms with Crippen molar-refractivity contribution in [1.82, 2.24) is 0 Å². The van der Waals surface area contributed by atoms with Crippen LogP contribution in [0.15, 0.2) is 24.3 Å². The van der Waals surface area contributed by atoms with Crippen LogP contribution < -0.4 is 4.74 Å². The third-order valence-corrected chi connectivity index (χ3v) is 2.88. The van der Waals surface area contributed by atoms with Crippen LogP contribution in [0.3, 0.4) is 0 Å². The van der Waals surface area contributed by atoms with Crippen molar-refractivity contribution in [3.8, 4) is 17.6 Å². The molecule has 96 valence electrons. The van der Waals surface area contributed by atoms with Crippen LogP contribution in [0.2, 0.25) is 0 Å². The van der Waals surface area contributed by atoms with Gasteiger partial charge in [-0.05, 0) is 43.5 Å². The molecule has 0 aromatic heterocycles. The molecule has 0 radical (unpaired) electrons. The Morgan fingerprint density at radius 2 is 2.11 bits per heavy atom. The maximum absolute atomic E-state index is 8.60. The van der Waals surface area contributed by atoms with E-state index in [9.17, 15) is 0 Å². The fourth-order valence-corrected chi connectivity index (χ4v) is 1.90. The van der Waals surface area contributed by atoms with Crippen LogP contribution in [0.25, 0.3) is 0 Å². The van der Waals surface area contributed by atoms with Gasteiger partial charge in [-0.25, -0.2) is 0 Å². The lowest BCUT2D eigenvalue weighted by molar-refractivity contribution is -0.0110. The smallest absolute Gasteiger partial charge is 0.119 e. The minimum absolute atomic E-state index is 0.114. The van der Waals surface area contributed by atoms with Crippen LogP contribution in [0, 0.1) is 11.8 Å². The lowest BCUT2D eigenvalue weighted by Gasteiger charge is -2.22. The van der Waals surface area contributed by atoms with Gasteiger partial charge in [-0.2, -0.15) is 0 Å². The molecular weight excluding hydrogens is 228 g/mol. The number of rotatable bonds is 3. The zero-order valence-electron chi connectivity index (χ0n) is 10.4. The molecule has 0 bridgehead atoms. The number of ether oxygens (including phenoxy) is 2. The summed E-state index contributed by atoms with van der Waals surface area (Å²) >= 11 is 0. The van der Waals surface area contributed by atoms with Crippen molar-refractivity contribution in [3.63, 3.8) is 0 Å². The summed E-state index contributed by atoms with van der Waals surface area (Å²) in [5.41, 5.74) is 0.880. The largest absolute Gasteiger partial charge is 0.491 e. The Labute approximate surface area is 108 Å². The molecule has 1 aromatic rings. The Hall–Kier alpha value is -1.50. The molecule has 0 amide bonds. The maximum atomic E-state index is 8.60. The summed E-state index contributed by atoms with van der Waals surface area (Å²) in [5, 5.41) is 8.60. The highest BCUT2D eigenvalue weighted by Crippen LogP contribution is 2.16. The van der Waals surface area contributed by atoms with Crippen molar-refractivity contribution in [2.45, 2.75) is 25.4 Å². The third kappa shape index (κ3) is 4.06. The van der Waals surface area contributed by atoms with Gasteiger partial charge in [0.15, 0.2) is 0 Å². The monoisotopic (exact) mass is 246 g/mol. The molecule has 0 aliphatic carbocycles. The van der Waals surface area contributed by atoms with E-state index in [1.54, 1.807) is 0 Å². The van der Waals surface area contributed by atoms with Gasteiger partial charge < -0.3 is 14.6 Å². The van der Waals surface area contributed by atoms with Gasteiger partial charge in [0, 0.05) is 12.2 Å². The molecule has 0 saturated carbocycles. The molecule has 1 heterocycles. The van der Waals surface area contributed by atoms with E-state index in [4.69, 9.17) is 14.6 Å². The average molecular weight is 246 g/mol. The van der Waals surface area contributed by atoms with Crippen molar-refractivity contribution >= 4 is 0 Å². The third-order valence-electron chi connectivity index (χ3n) is 2.88. The molecule has 0 spiro atoms. The van der Waals surface area contributed by atoms with Crippen LogP contribution in [-0.2, 0) is 4.74 Å². The number of benzene rings is 1. The molecule has 1 aliphatic heterocycles. The van der Waals surface area contributed by atoms with E-state index >= 15 is 0 Å². The summed E-state index contributed by atoms with van der Waals surface area (Å²) in [6, 6.07) is 7.56. The molecule has 1 aliphatic rings. The molecule has 1 saturated heterocycles. The molecule has 1 N–H and O–H groups in total. The van der Waals surface area contributed by atoms with Crippen molar-refractivity contribution < 1.29 is 14.6 Å². The molecule has 18 heavy (non-hydrogen) atoms. The van der Waals surface area contributed by atoms with Crippen molar-refractivity contribution in [1.29, 1.82) is 0 Å². The van der Waals surface area contributed by atoms with E-state index in [1.807, 2.05) is 24.3 Å². The van der Waals surface area contributed by atoms with Gasteiger partial charge in [-0.1, -0.05) is 11.8 Å². The van der Waals surface area contributed by atoms with Crippen molar-refractivity contribution in [3.05, 3.63) is 29.8 Å². The molecule has 1 atom stereocenters. The number of hydrogen-bond donors (Lipinski definition) is 1. The predicted octanol–water partition coefficient (Wildman–Crippen LogP) is 1.98. The highest BCUT2D eigenvalue weighted by atomic mass is 16.5. The molecule has 3 heteroatoms. The minimum Gasteiger partial charge on any atom is -0.491 e. The normalized spacial score (nSPS) is 18.8. The average Bonchev–Trinajstić information content (AvgIpc) is 2.45. The van der Waals surface area contributed by atoms with E-state index in [0.29, 0.717) is 6.61 Å². The Morgan fingerprint density at radius 1 is 1.28 bits per heavy atom. The summed E-state index contributed by atoms with van der Waals surface area (Å²) in [6.45, 7) is 1.35. The lowest BCUT2D eigenvalue weighted by atomic mass is 10.1. The fraction of sp³-hybridized carbons (Fsp3) is 0.467. The quantitative estimate of drug-likeness (QED) is 0.829. The van der Waals surface area contributed by atoms with Crippen LogP contribution in [0.5, 0.6) is 5.75 Å². The summed E-state index contributed by atoms with van der Waals surface area (Å²) in [5.74, 6) is 6.29. The van der Waals surface area contributed by atoms with Crippen LogP contribution >= 0.6 is 0 Å². The molecule has 2 rings (SSSR count). The van der Waals surface area contributed by atoms with Gasteiger partial charge in [0.2, 0.25) is 0 Å². The van der Waals surface area contributed by atoms with Crippen molar-refractivity contribution in [2.75, 3.05) is 19.8 Å². The zero-order valence-corrected chi connectivity index (χ0v) is 10.4. The van der Waals surface area contributed by atoms with Gasteiger partial charge in [0.05, 0.1) is 6.10 Å². The number of aliphatic hydroxyl groups excluding tert-OH is 1. The fourth-order valence-electron chi connectivity index (χ4n) is 1.90. The maximum Gasteiger partial charge on any atom is 0.119 e. The molecule has 3 nitrogen and oxygen atoms in total. The standard InChI is InChI=1S/C15H18O3/c16-10-3-4-13-6-8-14(9-7-13)18-12-15-5-1-2-11-17-15/h6-9,15-16H,1-2,5,10-12H2. The van der Waals surface area contributed by atoms with Gasteiger partial charge in [0.1, 0.15) is 19.0 Å². The first-order chi connectivity index (χ1) is 8.88. The zero-order chi connectivity index (χ0) is 12.6. The summed E-state index contributed by atoms with van der Waals surface area (Å²) in [6.07, 6.45) is 3.70. The second kappa shape index (κ2) is 7.05. The Morgan fingerprint density at radius 3 is 2.78 bits per heavy atom. The molecule has 1 aromatic carbocycles. The SMILES string of the molecule is OCC#Cc1ccc(OCC2CCCCO2)cc1. The molecule has 1 fully saturated rings. The van der Waals surface area contributed by atoms with Crippen LogP contribution in [0.1, 0.15) is 24.8 Å². The first kappa shape index (κ1) is 12.9. The Kier molecular flexibility index (Phi) is 5.07. The van der Waals surface area contributed by atoms with E-state index in [0.717, 1.165) is 30.8 Å². The minimum atomic E-state index is -0.114. The summed E-state index contributed by atoms with van der Waals surface area (Å²) in [7, 11) is 0. The van der Waals surface area contributed by atoms with E-state index in [-0.39, 0.29) is 12.7 Å². The molecular formula is C15H18O3. The lowest BCUT2D eigenvalue weighted by Crippen LogP contribution is -2.25. The van der Waals surface area contributed by atoms with Crippen LogP contribution in [-0.4, -0.2) is 31.0 Å². The highest BCUT2D eigenvalue weighted by molar-refractivity contribution is 5.38. The Balaban J connectivity index is 1.82. The van der Waals surface area contributed by atoms with Gasteiger partial charge in [0.25, 0.3) is 0 Å². The second-order valence-electron chi connectivity index (χ2n) is 4.28. The number of aliphatic hydroxyl groups is 1. The molecule has 1 unspecified atom stereocenters. The van der Waals surface area contributed by atoms with Gasteiger partial charge in [-0.15, -0.1) is 0 Å². The predicted molar refractivity (Wildman–Crippen MR) is 69.5 cm³/mol. The number of hydrogen-bond acceptors (Lipinski definition) is 3. The van der Waals surface area contributed by atoms with E-state index < -0.39 is 0 Å². The summed E-state index contributed by atoms with van der Waals surface area (Å²) < 4.78 is 11.3. The van der Waals surface area contributed by atoms with E-state index in [1.165, 1.54) is 6.42 Å². The topological polar surface area (TPSA) is 38.7 Å². The Bertz CT molecular complexity index is 408. The summed E-state index contributed by atoms with van der Waals surface area (Å²) in [4.78, 5) is 0. The van der Waals surface area contributed by atoms with Crippen LogP contribution in [0.4, 0.5) is 0 Å². The van der Waals surface area contributed by atoms with E-state index in [2.05, 4.69) is 11.8 Å². The van der Waals surface area contributed by atoms with Crippen molar-refractivity contribution in [2.24, 2.45) is 0 Å². The highest BCUT2D eigenvalue weighted by Gasteiger charge is 2.14. The first-order valence-corrected chi connectivity index (χ1v) is 6.32. The van der Waals surface area contributed by atoms with Gasteiger partial charge >= 0.3 is 0 Å². The first-order valence-electron chi connectivity index (χ1n) is 6.32. The van der Waals surface area contributed by atoms with Gasteiger partial charge in [-0.3, -0.25) is 0 Å². The second-order valence-corrected chi connectivity index (χ2v) is 4.28.